The van der Waals surface area contributed by atoms with Crippen molar-refractivity contribution < 1.29 is 13.5 Å². The maximum atomic E-state index is 12.8. The number of hydrogen-bond acceptors (Lipinski definition) is 3. The van der Waals surface area contributed by atoms with E-state index < -0.39 is 6.55 Å². The summed E-state index contributed by atoms with van der Waals surface area (Å²) in [5, 5.41) is 6.32. The molecular formula is C14H24F2IN5O. The van der Waals surface area contributed by atoms with Crippen LogP contribution in [0.4, 0.5) is 8.78 Å². The number of nitrogens with zero attached hydrogens (tertiary/aromatic N) is 3. The van der Waals surface area contributed by atoms with Crippen molar-refractivity contribution in [1.29, 1.82) is 0 Å². The lowest BCUT2D eigenvalue weighted by molar-refractivity contribution is -0.0922. The molecule has 132 valence electrons. The first-order valence-corrected chi connectivity index (χ1v) is 7.20. The summed E-state index contributed by atoms with van der Waals surface area (Å²) in [7, 11) is 3.36. The van der Waals surface area contributed by atoms with Crippen LogP contribution in [0.5, 0.6) is 0 Å². The van der Waals surface area contributed by atoms with E-state index in [4.69, 9.17) is 4.74 Å². The molecule has 0 spiro atoms. The van der Waals surface area contributed by atoms with E-state index in [9.17, 15) is 8.78 Å². The highest BCUT2D eigenvalue weighted by Crippen LogP contribution is 2.42. The van der Waals surface area contributed by atoms with E-state index in [1.54, 1.807) is 14.2 Å². The average molecular weight is 443 g/mol. The Balaban J connectivity index is 0.00000264. The summed E-state index contributed by atoms with van der Waals surface area (Å²) in [6.07, 6.45) is 3.71. The molecule has 6 nitrogen and oxygen atoms in total. The smallest absolute Gasteiger partial charge is 0.319 e. The van der Waals surface area contributed by atoms with Gasteiger partial charge in [-0.2, -0.15) is 8.78 Å². The zero-order valence-corrected chi connectivity index (χ0v) is 16.0. The second-order valence-electron chi connectivity index (χ2n) is 5.93. The first-order valence-electron chi connectivity index (χ1n) is 7.20. The monoisotopic (exact) mass is 443 g/mol. The van der Waals surface area contributed by atoms with Gasteiger partial charge < -0.3 is 15.4 Å². The van der Waals surface area contributed by atoms with Gasteiger partial charge in [0.25, 0.3) is 0 Å². The lowest BCUT2D eigenvalue weighted by Crippen LogP contribution is -2.63. The van der Waals surface area contributed by atoms with Crippen molar-refractivity contribution in [3.63, 3.8) is 0 Å². The Hall–Kier alpha value is -0.970. The standard InChI is InChI=1S/C14H23F2N5O.HI/c1-14(2)9(7-10(14)22-4)20-13(17-3)19-8-11-18-5-6-21(11)12(15)16;/h5-6,9-10,12H,7-8H2,1-4H3,(H2,17,19,20);1H. The van der Waals surface area contributed by atoms with Gasteiger partial charge in [-0.25, -0.2) is 4.98 Å². The summed E-state index contributed by atoms with van der Waals surface area (Å²) in [5.74, 6) is 0.831. The number of ether oxygens (including phenoxy) is 1. The topological polar surface area (TPSA) is 63.5 Å². The summed E-state index contributed by atoms with van der Waals surface area (Å²) in [4.78, 5) is 8.06. The molecule has 0 bridgehead atoms. The van der Waals surface area contributed by atoms with E-state index in [0.717, 1.165) is 11.0 Å². The molecule has 2 rings (SSSR count). The minimum Gasteiger partial charge on any atom is -0.381 e. The SMILES string of the molecule is CN=C(NCc1nccn1C(F)F)NC1CC(OC)C1(C)C.I. The van der Waals surface area contributed by atoms with Crippen LogP contribution in [0, 0.1) is 5.41 Å². The van der Waals surface area contributed by atoms with Crippen molar-refractivity contribution in [2.24, 2.45) is 10.4 Å². The van der Waals surface area contributed by atoms with Gasteiger partial charge in [0.15, 0.2) is 5.96 Å². The molecule has 1 fully saturated rings. The number of imidazole rings is 1. The van der Waals surface area contributed by atoms with Gasteiger partial charge in [0, 0.05) is 38.0 Å². The second-order valence-corrected chi connectivity index (χ2v) is 5.93. The number of hydrogen-bond donors (Lipinski definition) is 2. The van der Waals surface area contributed by atoms with Gasteiger partial charge in [0.2, 0.25) is 0 Å². The third kappa shape index (κ3) is 4.31. The summed E-state index contributed by atoms with van der Waals surface area (Å²) in [6, 6.07) is 0.221. The number of methoxy groups -OCH3 is 1. The minimum absolute atomic E-state index is 0. The molecular weight excluding hydrogens is 419 g/mol. The molecule has 0 aromatic carbocycles. The Bertz CT molecular complexity index is 535. The molecule has 1 aliphatic carbocycles. The van der Waals surface area contributed by atoms with Crippen molar-refractivity contribution in [2.75, 3.05) is 14.2 Å². The lowest BCUT2D eigenvalue weighted by Gasteiger charge is -2.51. The molecule has 1 aromatic rings. The molecule has 1 aromatic heterocycles. The maximum absolute atomic E-state index is 12.8. The third-order valence-electron chi connectivity index (χ3n) is 4.37. The van der Waals surface area contributed by atoms with Crippen LogP contribution in [-0.2, 0) is 11.3 Å². The van der Waals surface area contributed by atoms with Crippen LogP contribution in [0.25, 0.3) is 0 Å². The van der Waals surface area contributed by atoms with E-state index in [-0.39, 0.29) is 53.9 Å². The van der Waals surface area contributed by atoms with Crippen molar-refractivity contribution in [3.8, 4) is 0 Å². The summed E-state index contributed by atoms with van der Waals surface area (Å²) in [5.41, 5.74) is -0.00614. The van der Waals surface area contributed by atoms with Gasteiger partial charge >= 0.3 is 6.55 Å². The highest BCUT2D eigenvalue weighted by molar-refractivity contribution is 14.0. The van der Waals surface area contributed by atoms with Crippen LogP contribution < -0.4 is 10.6 Å². The van der Waals surface area contributed by atoms with Gasteiger partial charge in [-0.05, 0) is 6.42 Å². The second kappa shape index (κ2) is 8.22. The average Bonchev–Trinajstić information content (AvgIpc) is 2.94. The highest BCUT2D eigenvalue weighted by atomic mass is 127. The van der Waals surface area contributed by atoms with E-state index >= 15 is 0 Å². The van der Waals surface area contributed by atoms with Gasteiger partial charge in [-0.15, -0.1) is 24.0 Å². The molecule has 1 aliphatic rings. The Kier molecular flexibility index (Phi) is 7.18. The van der Waals surface area contributed by atoms with Crippen molar-refractivity contribution in [3.05, 3.63) is 18.2 Å². The molecule has 1 saturated carbocycles. The van der Waals surface area contributed by atoms with E-state index in [1.165, 1.54) is 12.4 Å². The van der Waals surface area contributed by atoms with Gasteiger partial charge in [-0.1, -0.05) is 13.8 Å². The number of alkyl halides is 2. The van der Waals surface area contributed by atoms with E-state index in [1.807, 2.05) is 0 Å². The number of rotatable bonds is 5. The van der Waals surface area contributed by atoms with Crippen molar-refractivity contribution in [2.45, 2.75) is 45.5 Å². The molecule has 0 aliphatic heterocycles. The van der Waals surface area contributed by atoms with Crippen LogP contribution in [-0.4, -0.2) is 41.8 Å². The molecule has 2 N–H and O–H groups in total. The van der Waals surface area contributed by atoms with Gasteiger partial charge in [0.1, 0.15) is 5.82 Å². The first kappa shape index (κ1) is 20.1. The molecule has 2 unspecified atom stereocenters. The summed E-state index contributed by atoms with van der Waals surface area (Å²) >= 11 is 0. The molecule has 1 heterocycles. The largest absolute Gasteiger partial charge is 0.381 e. The predicted molar refractivity (Wildman–Crippen MR) is 95.2 cm³/mol. The van der Waals surface area contributed by atoms with E-state index in [0.29, 0.717) is 5.96 Å². The number of aliphatic imine (C=N–C) groups is 1. The van der Waals surface area contributed by atoms with Crippen LogP contribution in [0.3, 0.4) is 0 Å². The maximum Gasteiger partial charge on any atom is 0.319 e. The highest BCUT2D eigenvalue weighted by Gasteiger charge is 2.48. The molecule has 9 heteroatoms. The third-order valence-corrected chi connectivity index (χ3v) is 4.37. The predicted octanol–water partition coefficient (Wildman–Crippen LogP) is 2.37. The van der Waals surface area contributed by atoms with Gasteiger partial charge in [0.05, 0.1) is 12.6 Å². The number of nitrogens with one attached hydrogen (secondary N) is 2. The summed E-state index contributed by atoms with van der Waals surface area (Å²) < 4.78 is 31.8. The first-order chi connectivity index (χ1) is 10.4. The lowest BCUT2D eigenvalue weighted by atomic mass is 9.64. The van der Waals surface area contributed by atoms with Gasteiger partial charge in [-0.3, -0.25) is 9.56 Å². The normalized spacial score (nSPS) is 23.2. The van der Waals surface area contributed by atoms with Crippen LogP contribution >= 0.6 is 24.0 Å². The fraction of sp³-hybridized carbons (Fsp3) is 0.714. The Morgan fingerprint density at radius 3 is 2.78 bits per heavy atom. The molecule has 0 saturated heterocycles. The van der Waals surface area contributed by atoms with Crippen LogP contribution in [0.2, 0.25) is 0 Å². The molecule has 0 amide bonds. The summed E-state index contributed by atoms with van der Waals surface area (Å²) in [6.45, 7) is 1.83. The fourth-order valence-electron chi connectivity index (χ4n) is 2.71. The minimum atomic E-state index is -2.60. The molecule has 2 atom stereocenters. The molecule has 0 radical (unpaired) electrons. The number of halogens is 3. The zero-order chi connectivity index (χ0) is 16.3. The fourth-order valence-corrected chi connectivity index (χ4v) is 2.71. The van der Waals surface area contributed by atoms with Crippen molar-refractivity contribution >= 4 is 29.9 Å². The Labute approximate surface area is 152 Å². The van der Waals surface area contributed by atoms with Crippen LogP contribution in [0.15, 0.2) is 17.4 Å². The Morgan fingerprint density at radius 2 is 2.26 bits per heavy atom. The van der Waals surface area contributed by atoms with E-state index in [2.05, 4.69) is 34.5 Å². The Morgan fingerprint density at radius 1 is 1.57 bits per heavy atom. The number of aromatic nitrogens is 2. The van der Waals surface area contributed by atoms with Crippen molar-refractivity contribution in [1.82, 2.24) is 20.2 Å². The van der Waals surface area contributed by atoms with Crippen LogP contribution in [0.1, 0.15) is 32.6 Å². The quantitative estimate of drug-likeness (QED) is 0.417. The molecule has 23 heavy (non-hydrogen) atoms. The zero-order valence-electron chi connectivity index (χ0n) is 13.7. The number of guanidine groups is 1.